The molecule has 1 N–H and O–H groups in total. The van der Waals surface area contributed by atoms with Crippen molar-refractivity contribution >= 4 is 21.8 Å². The summed E-state index contributed by atoms with van der Waals surface area (Å²) < 4.78 is 16.1. The van der Waals surface area contributed by atoms with Crippen LogP contribution in [0.2, 0.25) is 0 Å². The van der Waals surface area contributed by atoms with Crippen LogP contribution in [0.25, 0.3) is 10.8 Å². The van der Waals surface area contributed by atoms with E-state index in [-0.39, 0.29) is 6.04 Å². The standard InChI is InChI=1S/C23H25NOS/c1-4-11-22(21-17-10-13-18-12-8-9-16-20(18)21)24-26(25)23(2,3)19-14-6-5-7-15-19/h4-10,12-17,22,24H,1,11H2,2-3H3/t22-,26+/m0/s1. The Labute approximate surface area is 158 Å². The van der Waals surface area contributed by atoms with E-state index in [0.29, 0.717) is 6.42 Å². The first-order chi connectivity index (χ1) is 12.5. The van der Waals surface area contributed by atoms with Crippen molar-refractivity contribution in [3.63, 3.8) is 0 Å². The molecule has 0 unspecified atom stereocenters. The van der Waals surface area contributed by atoms with Gasteiger partial charge in [0.25, 0.3) is 0 Å². The second-order valence-electron chi connectivity index (χ2n) is 6.91. The maximum Gasteiger partial charge on any atom is 0.102 e. The highest BCUT2D eigenvalue weighted by molar-refractivity contribution is 7.84. The lowest BCUT2D eigenvalue weighted by atomic mass is 9.97. The zero-order valence-electron chi connectivity index (χ0n) is 15.3. The molecular weight excluding hydrogens is 338 g/mol. The van der Waals surface area contributed by atoms with E-state index in [1.54, 1.807) is 0 Å². The number of rotatable bonds is 7. The smallest absolute Gasteiger partial charge is 0.102 e. The zero-order valence-corrected chi connectivity index (χ0v) is 16.1. The largest absolute Gasteiger partial charge is 0.242 e. The molecule has 26 heavy (non-hydrogen) atoms. The van der Waals surface area contributed by atoms with E-state index in [1.165, 1.54) is 10.8 Å². The summed E-state index contributed by atoms with van der Waals surface area (Å²) >= 11 is 0. The summed E-state index contributed by atoms with van der Waals surface area (Å²) in [5.41, 5.74) is 2.21. The Morgan fingerprint density at radius 3 is 2.38 bits per heavy atom. The first kappa shape index (κ1) is 18.6. The van der Waals surface area contributed by atoms with Gasteiger partial charge in [-0.25, -0.2) is 8.93 Å². The molecule has 0 aliphatic heterocycles. The van der Waals surface area contributed by atoms with Crippen LogP contribution < -0.4 is 4.72 Å². The molecule has 2 atom stereocenters. The van der Waals surface area contributed by atoms with Gasteiger partial charge in [-0.05, 0) is 42.2 Å². The van der Waals surface area contributed by atoms with Crippen molar-refractivity contribution in [2.75, 3.05) is 0 Å². The highest BCUT2D eigenvalue weighted by Crippen LogP contribution is 2.31. The summed E-state index contributed by atoms with van der Waals surface area (Å²) in [5, 5.41) is 2.37. The Hall–Kier alpha value is -2.23. The van der Waals surface area contributed by atoms with Crippen LogP contribution in [0.4, 0.5) is 0 Å². The number of fused-ring (bicyclic) bond motifs is 1. The van der Waals surface area contributed by atoms with E-state index in [2.05, 4.69) is 41.6 Å². The first-order valence-electron chi connectivity index (χ1n) is 8.86. The molecule has 3 aromatic carbocycles. The molecule has 0 saturated carbocycles. The van der Waals surface area contributed by atoms with Crippen LogP contribution in [0, 0.1) is 0 Å². The van der Waals surface area contributed by atoms with Gasteiger partial charge in [0.1, 0.15) is 11.0 Å². The highest BCUT2D eigenvalue weighted by atomic mass is 32.2. The molecule has 0 fully saturated rings. The number of nitrogens with one attached hydrogen (secondary N) is 1. The van der Waals surface area contributed by atoms with Gasteiger partial charge in [0, 0.05) is 6.04 Å². The van der Waals surface area contributed by atoms with Crippen LogP contribution in [0.15, 0.2) is 85.5 Å². The fourth-order valence-corrected chi connectivity index (χ4v) is 4.31. The monoisotopic (exact) mass is 363 g/mol. The van der Waals surface area contributed by atoms with Crippen LogP contribution in [-0.4, -0.2) is 4.21 Å². The van der Waals surface area contributed by atoms with Gasteiger partial charge in [-0.15, -0.1) is 6.58 Å². The molecule has 0 amide bonds. The third kappa shape index (κ3) is 3.79. The molecule has 0 aliphatic rings. The molecule has 3 heteroatoms. The Bertz CT molecular complexity index is 912. The SMILES string of the molecule is C=CC[C@H](N[S@](=O)C(C)(C)c1ccccc1)c1cccc2ccccc12. The third-order valence-corrected chi connectivity index (χ3v) is 6.44. The van der Waals surface area contributed by atoms with Gasteiger partial charge in [0.2, 0.25) is 0 Å². The van der Waals surface area contributed by atoms with Crippen LogP contribution >= 0.6 is 0 Å². The number of hydrogen-bond acceptors (Lipinski definition) is 1. The fourth-order valence-electron chi connectivity index (χ4n) is 3.18. The maximum atomic E-state index is 13.2. The van der Waals surface area contributed by atoms with E-state index in [9.17, 15) is 4.21 Å². The average Bonchev–Trinajstić information content (AvgIpc) is 2.67. The van der Waals surface area contributed by atoms with Gasteiger partial charge >= 0.3 is 0 Å². The van der Waals surface area contributed by atoms with E-state index in [1.807, 2.05) is 62.4 Å². The first-order valence-corrected chi connectivity index (χ1v) is 10.0. The summed E-state index contributed by atoms with van der Waals surface area (Å²) in [5.74, 6) is 0. The van der Waals surface area contributed by atoms with Crippen LogP contribution in [0.5, 0.6) is 0 Å². The van der Waals surface area contributed by atoms with Gasteiger partial charge in [-0.1, -0.05) is 78.9 Å². The minimum Gasteiger partial charge on any atom is -0.242 e. The third-order valence-electron chi connectivity index (χ3n) is 4.78. The molecule has 0 aliphatic carbocycles. The number of benzene rings is 3. The summed E-state index contributed by atoms with van der Waals surface area (Å²) in [7, 11) is -1.25. The minimum atomic E-state index is -1.25. The number of hydrogen-bond donors (Lipinski definition) is 1. The van der Waals surface area contributed by atoms with Crippen molar-refractivity contribution in [1.82, 2.24) is 4.72 Å². The molecule has 0 saturated heterocycles. The Kier molecular flexibility index (Phi) is 5.70. The normalized spacial score (nSPS) is 14.1. The second-order valence-corrected chi connectivity index (χ2v) is 8.70. The lowest BCUT2D eigenvalue weighted by Gasteiger charge is -2.28. The van der Waals surface area contributed by atoms with E-state index in [0.717, 1.165) is 11.1 Å². The highest BCUT2D eigenvalue weighted by Gasteiger charge is 2.30. The van der Waals surface area contributed by atoms with Gasteiger partial charge in [-0.3, -0.25) is 0 Å². The van der Waals surface area contributed by atoms with Gasteiger partial charge < -0.3 is 0 Å². The molecule has 0 bridgehead atoms. The van der Waals surface area contributed by atoms with Gasteiger partial charge in [-0.2, -0.15) is 0 Å². The van der Waals surface area contributed by atoms with Gasteiger partial charge in [0.15, 0.2) is 0 Å². The second kappa shape index (κ2) is 7.98. The summed E-state index contributed by atoms with van der Waals surface area (Å²) in [6.07, 6.45) is 2.59. The molecular formula is C23H25NOS. The predicted octanol–water partition coefficient (Wildman–Crippen LogP) is 5.65. The van der Waals surface area contributed by atoms with E-state index >= 15 is 0 Å². The van der Waals surface area contributed by atoms with Crippen LogP contribution in [0.3, 0.4) is 0 Å². The molecule has 134 valence electrons. The minimum absolute atomic E-state index is 0.0533. The summed E-state index contributed by atoms with van der Waals surface area (Å²) in [6, 6.07) is 24.5. The van der Waals surface area contributed by atoms with E-state index < -0.39 is 15.7 Å². The molecule has 0 heterocycles. The van der Waals surface area contributed by atoms with Crippen molar-refractivity contribution in [3.05, 3.63) is 96.6 Å². The Morgan fingerprint density at radius 2 is 1.65 bits per heavy atom. The topological polar surface area (TPSA) is 29.1 Å². The fraction of sp³-hybridized carbons (Fsp3) is 0.217. The van der Waals surface area contributed by atoms with Crippen molar-refractivity contribution in [3.8, 4) is 0 Å². The molecule has 0 spiro atoms. The van der Waals surface area contributed by atoms with Crippen molar-refractivity contribution < 1.29 is 4.21 Å². The van der Waals surface area contributed by atoms with Crippen LogP contribution in [-0.2, 0) is 15.7 Å². The molecule has 2 nitrogen and oxygen atoms in total. The molecule has 3 aromatic rings. The molecule has 3 rings (SSSR count). The average molecular weight is 364 g/mol. The lowest BCUT2D eigenvalue weighted by molar-refractivity contribution is 0.598. The van der Waals surface area contributed by atoms with Crippen molar-refractivity contribution in [1.29, 1.82) is 0 Å². The predicted molar refractivity (Wildman–Crippen MR) is 112 cm³/mol. The Balaban J connectivity index is 1.94. The van der Waals surface area contributed by atoms with Gasteiger partial charge in [0.05, 0.1) is 4.75 Å². The Morgan fingerprint density at radius 1 is 1.00 bits per heavy atom. The van der Waals surface area contributed by atoms with Crippen LogP contribution in [0.1, 0.15) is 37.4 Å². The quantitative estimate of drug-likeness (QED) is 0.540. The maximum absolute atomic E-state index is 13.2. The zero-order chi connectivity index (χ0) is 18.6. The van der Waals surface area contributed by atoms with Crippen molar-refractivity contribution in [2.45, 2.75) is 31.1 Å². The molecule has 0 aromatic heterocycles. The summed E-state index contributed by atoms with van der Waals surface area (Å²) in [6.45, 7) is 7.92. The summed E-state index contributed by atoms with van der Waals surface area (Å²) in [4.78, 5) is 0. The molecule has 0 radical (unpaired) electrons. The van der Waals surface area contributed by atoms with E-state index in [4.69, 9.17) is 0 Å². The lowest BCUT2D eigenvalue weighted by Crippen LogP contribution is -2.36. The van der Waals surface area contributed by atoms with Crippen molar-refractivity contribution in [2.24, 2.45) is 0 Å².